The van der Waals surface area contributed by atoms with Gasteiger partial charge in [0.05, 0.1) is 0 Å². The van der Waals surface area contributed by atoms with Crippen molar-refractivity contribution in [3.05, 3.63) is 11.5 Å². The van der Waals surface area contributed by atoms with E-state index >= 15 is 0 Å². The molecule has 0 saturated heterocycles. The predicted octanol–water partition coefficient (Wildman–Crippen LogP) is 1.91. The first-order valence-corrected chi connectivity index (χ1v) is 5.58. The maximum Gasteiger partial charge on any atom is 0.224 e. The minimum atomic E-state index is 0. The first kappa shape index (κ1) is 15.9. The van der Waals surface area contributed by atoms with Crippen molar-refractivity contribution >= 4 is 24.0 Å². The first-order valence-electron chi connectivity index (χ1n) is 5.58. The van der Waals surface area contributed by atoms with E-state index < -0.39 is 0 Å². The van der Waals surface area contributed by atoms with E-state index in [1.54, 1.807) is 6.92 Å². The Morgan fingerprint density at radius 1 is 1.47 bits per heavy atom. The zero-order valence-corrected chi connectivity index (χ0v) is 11.3. The molecule has 0 radical (unpaired) electrons. The molecule has 0 atom stereocenters. The molecule has 5 nitrogen and oxygen atoms in total. The second kappa shape index (κ2) is 8.08. The Hall–Kier alpha value is -1.07. The summed E-state index contributed by atoms with van der Waals surface area (Å²) in [6, 6.07) is 0. The normalized spacial score (nSPS) is 9.82. The maximum atomic E-state index is 11.6. The van der Waals surface area contributed by atoms with Gasteiger partial charge < -0.3 is 15.2 Å². The molecule has 0 saturated carbocycles. The van der Waals surface area contributed by atoms with Crippen LogP contribution in [0.4, 0.5) is 5.69 Å². The summed E-state index contributed by atoms with van der Waals surface area (Å²) in [6.45, 7) is 4.62. The van der Waals surface area contributed by atoms with Crippen molar-refractivity contribution in [1.82, 2.24) is 10.5 Å². The van der Waals surface area contributed by atoms with Crippen molar-refractivity contribution in [2.45, 2.75) is 33.1 Å². The highest BCUT2D eigenvalue weighted by Crippen LogP contribution is 2.20. The van der Waals surface area contributed by atoms with E-state index in [1.807, 2.05) is 14.0 Å². The van der Waals surface area contributed by atoms with Gasteiger partial charge in [-0.15, -0.1) is 12.4 Å². The Morgan fingerprint density at radius 2 is 2.18 bits per heavy atom. The number of anilines is 1. The molecule has 6 heteroatoms. The molecule has 1 rings (SSSR count). The number of aromatic nitrogens is 1. The van der Waals surface area contributed by atoms with Gasteiger partial charge in [-0.1, -0.05) is 12.1 Å². The van der Waals surface area contributed by atoms with Crippen molar-refractivity contribution in [3.63, 3.8) is 0 Å². The van der Waals surface area contributed by atoms with Crippen LogP contribution in [0.25, 0.3) is 0 Å². The lowest BCUT2D eigenvalue weighted by Gasteiger charge is -2.04. The molecular formula is C11H20ClN3O2. The summed E-state index contributed by atoms with van der Waals surface area (Å²) < 4.78 is 5.04. The van der Waals surface area contributed by atoms with Crippen LogP contribution >= 0.6 is 12.4 Å². The molecule has 0 bridgehead atoms. The summed E-state index contributed by atoms with van der Waals surface area (Å²) in [5.74, 6) is 0.676. The Kier molecular flexibility index (Phi) is 7.58. The van der Waals surface area contributed by atoms with Crippen molar-refractivity contribution in [2.24, 2.45) is 0 Å². The second-order valence-electron chi connectivity index (χ2n) is 3.67. The monoisotopic (exact) mass is 261 g/mol. The Balaban J connectivity index is 0.00000256. The lowest BCUT2D eigenvalue weighted by Crippen LogP contribution is -2.16. The van der Waals surface area contributed by atoms with Crippen LogP contribution in [0.2, 0.25) is 0 Å². The Labute approximate surface area is 108 Å². The fourth-order valence-electron chi connectivity index (χ4n) is 1.45. The van der Waals surface area contributed by atoms with Crippen molar-refractivity contribution in [1.29, 1.82) is 0 Å². The molecule has 1 aromatic rings. The summed E-state index contributed by atoms with van der Waals surface area (Å²) >= 11 is 0. The molecule has 0 unspecified atom stereocenters. The minimum Gasteiger partial charge on any atom is -0.359 e. The van der Waals surface area contributed by atoms with Crippen LogP contribution in [-0.4, -0.2) is 24.7 Å². The van der Waals surface area contributed by atoms with Crippen LogP contribution < -0.4 is 10.6 Å². The number of aryl methyl sites for hydroxylation is 2. The van der Waals surface area contributed by atoms with Gasteiger partial charge in [-0.25, -0.2) is 0 Å². The van der Waals surface area contributed by atoms with Gasteiger partial charge in [0.15, 0.2) is 5.76 Å². The number of carbonyl (C=O) groups is 1. The lowest BCUT2D eigenvalue weighted by atomic mass is 10.2. The number of hydrogen-bond donors (Lipinski definition) is 2. The van der Waals surface area contributed by atoms with E-state index in [0.29, 0.717) is 12.2 Å². The Bertz CT molecular complexity index is 352. The van der Waals surface area contributed by atoms with Gasteiger partial charge in [0.2, 0.25) is 5.91 Å². The zero-order chi connectivity index (χ0) is 12.0. The zero-order valence-electron chi connectivity index (χ0n) is 10.5. The number of rotatable bonds is 6. The largest absolute Gasteiger partial charge is 0.359 e. The number of nitrogens with one attached hydrogen (secondary N) is 2. The van der Waals surface area contributed by atoms with Crippen LogP contribution in [0.5, 0.6) is 0 Å². The molecule has 98 valence electrons. The third-order valence-corrected chi connectivity index (χ3v) is 2.36. The third-order valence-electron chi connectivity index (χ3n) is 2.36. The van der Waals surface area contributed by atoms with Gasteiger partial charge >= 0.3 is 0 Å². The smallest absolute Gasteiger partial charge is 0.224 e. The van der Waals surface area contributed by atoms with Crippen molar-refractivity contribution < 1.29 is 9.32 Å². The standard InChI is InChI=1S/C11H19N3O2.ClH/c1-4-9-11(8(2)16-14-9)13-10(15)6-5-7-12-3;/h12H,4-7H2,1-3H3,(H,13,15);1H. The first-order chi connectivity index (χ1) is 7.69. The highest BCUT2D eigenvalue weighted by Gasteiger charge is 2.13. The number of halogens is 1. The van der Waals surface area contributed by atoms with E-state index in [0.717, 1.165) is 30.8 Å². The molecule has 0 spiro atoms. The summed E-state index contributed by atoms with van der Waals surface area (Å²) in [5.41, 5.74) is 1.54. The topological polar surface area (TPSA) is 67.2 Å². The highest BCUT2D eigenvalue weighted by atomic mass is 35.5. The molecule has 0 fully saturated rings. The molecule has 0 aliphatic heterocycles. The average Bonchev–Trinajstić information content (AvgIpc) is 2.61. The van der Waals surface area contributed by atoms with E-state index in [1.165, 1.54) is 0 Å². The minimum absolute atomic E-state index is 0. The van der Waals surface area contributed by atoms with Gasteiger partial charge in [0.1, 0.15) is 11.4 Å². The van der Waals surface area contributed by atoms with E-state index in [-0.39, 0.29) is 18.3 Å². The third kappa shape index (κ3) is 4.75. The molecule has 0 aromatic carbocycles. The highest BCUT2D eigenvalue weighted by molar-refractivity contribution is 5.91. The molecule has 2 N–H and O–H groups in total. The molecule has 1 aromatic heterocycles. The number of carbonyl (C=O) groups excluding carboxylic acids is 1. The molecule has 17 heavy (non-hydrogen) atoms. The Morgan fingerprint density at radius 3 is 2.76 bits per heavy atom. The molecular weight excluding hydrogens is 242 g/mol. The van der Waals surface area contributed by atoms with Crippen LogP contribution in [0.15, 0.2) is 4.52 Å². The lowest BCUT2D eigenvalue weighted by molar-refractivity contribution is -0.116. The fourth-order valence-corrected chi connectivity index (χ4v) is 1.45. The second-order valence-corrected chi connectivity index (χ2v) is 3.67. The van der Waals surface area contributed by atoms with Gasteiger partial charge in [0, 0.05) is 6.42 Å². The summed E-state index contributed by atoms with van der Waals surface area (Å²) in [6.07, 6.45) is 2.09. The van der Waals surface area contributed by atoms with E-state index in [9.17, 15) is 4.79 Å². The molecule has 0 aliphatic carbocycles. The fraction of sp³-hybridized carbons (Fsp3) is 0.636. The number of nitrogens with zero attached hydrogens (tertiary/aromatic N) is 1. The van der Waals surface area contributed by atoms with E-state index in [2.05, 4.69) is 15.8 Å². The van der Waals surface area contributed by atoms with Crippen LogP contribution in [-0.2, 0) is 11.2 Å². The van der Waals surface area contributed by atoms with Gasteiger partial charge in [-0.2, -0.15) is 0 Å². The molecule has 1 heterocycles. The predicted molar refractivity (Wildman–Crippen MR) is 69.7 cm³/mol. The van der Waals surface area contributed by atoms with E-state index in [4.69, 9.17) is 4.52 Å². The van der Waals surface area contributed by atoms with Crippen LogP contribution in [0.1, 0.15) is 31.2 Å². The van der Waals surface area contributed by atoms with Gasteiger partial charge in [-0.3, -0.25) is 4.79 Å². The molecule has 0 aliphatic rings. The van der Waals surface area contributed by atoms with Gasteiger partial charge in [-0.05, 0) is 33.4 Å². The summed E-state index contributed by atoms with van der Waals surface area (Å²) in [5, 5.41) is 9.73. The van der Waals surface area contributed by atoms with Crippen molar-refractivity contribution in [2.75, 3.05) is 18.9 Å². The summed E-state index contributed by atoms with van der Waals surface area (Å²) in [7, 11) is 1.87. The van der Waals surface area contributed by atoms with Crippen LogP contribution in [0.3, 0.4) is 0 Å². The van der Waals surface area contributed by atoms with Crippen LogP contribution in [0, 0.1) is 6.92 Å². The number of hydrogen-bond acceptors (Lipinski definition) is 4. The van der Waals surface area contributed by atoms with Gasteiger partial charge in [0.25, 0.3) is 0 Å². The number of amides is 1. The maximum absolute atomic E-state index is 11.6. The average molecular weight is 262 g/mol. The SMILES string of the molecule is CCc1noc(C)c1NC(=O)CCCNC.Cl. The summed E-state index contributed by atoms with van der Waals surface area (Å²) in [4.78, 5) is 11.6. The molecule has 1 amide bonds. The quantitative estimate of drug-likeness (QED) is 0.768. The van der Waals surface area contributed by atoms with Crippen molar-refractivity contribution in [3.8, 4) is 0 Å².